The second kappa shape index (κ2) is 7.99. The van der Waals surface area contributed by atoms with Gasteiger partial charge in [0.2, 0.25) is 5.91 Å². The molecule has 2 aliphatic heterocycles. The van der Waals surface area contributed by atoms with Crippen LogP contribution >= 0.6 is 0 Å². The summed E-state index contributed by atoms with van der Waals surface area (Å²) in [5, 5.41) is 3.13. The molecular weight excluding hydrogens is 250 g/mol. The summed E-state index contributed by atoms with van der Waals surface area (Å²) < 4.78 is 0. The molecule has 116 valence electrons. The molecule has 0 bridgehead atoms. The molecule has 0 spiro atoms. The van der Waals surface area contributed by atoms with Crippen molar-refractivity contribution in [3.8, 4) is 0 Å². The van der Waals surface area contributed by atoms with E-state index < -0.39 is 0 Å². The summed E-state index contributed by atoms with van der Waals surface area (Å²) in [6.07, 6.45) is 5.96. The Labute approximate surface area is 123 Å². The van der Waals surface area contributed by atoms with Crippen LogP contribution < -0.4 is 5.32 Å². The molecule has 1 atom stereocenters. The van der Waals surface area contributed by atoms with E-state index >= 15 is 0 Å². The van der Waals surface area contributed by atoms with E-state index in [1.54, 1.807) is 0 Å². The number of carbonyl (C=O) groups excluding carboxylic acids is 1. The van der Waals surface area contributed by atoms with E-state index in [9.17, 15) is 4.79 Å². The average molecular weight is 281 g/mol. The zero-order valence-corrected chi connectivity index (χ0v) is 13.2. The van der Waals surface area contributed by atoms with Gasteiger partial charge in [0, 0.05) is 13.1 Å². The van der Waals surface area contributed by atoms with Gasteiger partial charge in [0.25, 0.3) is 0 Å². The van der Waals surface area contributed by atoms with Crippen molar-refractivity contribution in [1.82, 2.24) is 15.1 Å². The lowest BCUT2D eigenvalue weighted by molar-refractivity contribution is -0.126. The topological polar surface area (TPSA) is 35.6 Å². The number of carbonyl (C=O) groups is 1. The first-order chi connectivity index (χ1) is 9.65. The van der Waals surface area contributed by atoms with Crippen LogP contribution in [0.15, 0.2) is 0 Å². The van der Waals surface area contributed by atoms with Crippen LogP contribution in [0.2, 0.25) is 0 Å². The van der Waals surface area contributed by atoms with Gasteiger partial charge in [-0.1, -0.05) is 6.92 Å². The van der Waals surface area contributed by atoms with Crippen LogP contribution in [0.4, 0.5) is 0 Å². The van der Waals surface area contributed by atoms with E-state index in [0.717, 1.165) is 51.4 Å². The van der Waals surface area contributed by atoms with E-state index in [4.69, 9.17) is 0 Å². The molecule has 0 radical (unpaired) electrons. The Balaban J connectivity index is 1.55. The van der Waals surface area contributed by atoms with Crippen LogP contribution in [0, 0.1) is 11.8 Å². The van der Waals surface area contributed by atoms with Gasteiger partial charge in [0.1, 0.15) is 0 Å². The third kappa shape index (κ3) is 5.06. The molecule has 2 aliphatic rings. The zero-order valence-electron chi connectivity index (χ0n) is 13.2. The molecule has 1 N–H and O–H groups in total. The second-order valence-corrected chi connectivity index (χ2v) is 6.77. The van der Waals surface area contributed by atoms with Crippen molar-refractivity contribution in [2.24, 2.45) is 11.8 Å². The standard InChI is InChI=1S/C16H31N3O/c1-14-6-11-19(12-7-14)10-4-8-17-16(20)15-5-3-9-18(2)13-15/h14-15H,3-13H2,1-2H3,(H,17,20). The van der Waals surface area contributed by atoms with Gasteiger partial charge in [0.05, 0.1) is 5.92 Å². The Morgan fingerprint density at radius 2 is 1.95 bits per heavy atom. The Kier molecular flexibility index (Phi) is 6.30. The highest BCUT2D eigenvalue weighted by Gasteiger charge is 2.23. The molecule has 0 aromatic heterocycles. The number of amides is 1. The first-order valence-corrected chi connectivity index (χ1v) is 8.34. The van der Waals surface area contributed by atoms with Gasteiger partial charge in [-0.2, -0.15) is 0 Å². The third-order valence-electron chi connectivity index (χ3n) is 4.82. The van der Waals surface area contributed by atoms with Gasteiger partial charge in [-0.05, 0) is 71.2 Å². The zero-order chi connectivity index (χ0) is 14.4. The molecule has 0 aromatic carbocycles. The predicted octanol–water partition coefficient (Wildman–Crippen LogP) is 1.57. The van der Waals surface area contributed by atoms with Gasteiger partial charge >= 0.3 is 0 Å². The molecule has 1 amide bonds. The van der Waals surface area contributed by atoms with Crippen LogP contribution in [0.1, 0.15) is 39.0 Å². The highest BCUT2D eigenvalue weighted by molar-refractivity contribution is 5.78. The fraction of sp³-hybridized carbons (Fsp3) is 0.938. The normalized spacial score (nSPS) is 26.6. The molecule has 20 heavy (non-hydrogen) atoms. The smallest absolute Gasteiger partial charge is 0.224 e. The van der Waals surface area contributed by atoms with Crippen LogP contribution in [0.25, 0.3) is 0 Å². The quantitative estimate of drug-likeness (QED) is 0.777. The Hall–Kier alpha value is -0.610. The molecule has 2 heterocycles. The second-order valence-electron chi connectivity index (χ2n) is 6.77. The van der Waals surface area contributed by atoms with Crippen molar-refractivity contribution in [2.75, 3.05) is 46.3 Å². The molecule has 2 saturated heterocycles. The van der Waals surface area contributed by atoms with Crippen molar-refractivity contribution in [1.29, 1.82) is 0 Å². The maximum absolute atomic E-state index is 12.1. The van der Waals surface area contributed by atoms with Crippen molar-refractivity contribution in [3.63, 3.8) is 0 Å². The lowest BCUT2D eigenvalue weighted by Crippen LogP contribution is -2.42. The predicted molar refractivity (Wildman–Crippen MR) is 82.7 cm³/mol. The SMILES string of the molecule is CC1CCN(CCCNC(=O)C2CCCN(C)C2)CC1. The molecule has 4 nitrogen and oxygen atoms in total. The monoisotopic (exact) mass is 281 g/mol. The summed E-state index contributed by atoms with van der Waals surface area (Å²) in [4.78, 5) is 16.9. The maximum atomic E-state index is 12.1. The number of nitrogens with one attached hydrogen (secondary N) is 1. The first-order valence-electron chi connectivity index (χ1n) is 8.34. The molecule has 2 fully saturated rings. The lowest BCUT2D eigenvalue weighted by atomic mass is 9.97. The molecule has 0 aromatic rings. The van der Waals surface area contributed by atoms with Crippen molar-refractivity contribution >= 4 is 5.91 Å². The maximum Gasteiger partial charge on any atom is 0.224 e. The number of piperidine rings is 2. The number of hydrogen-bond acceptors (Lipinski definition) is 3. The molecule has 0 aliphatic carbocycles. The van der Waals surface area contributed by atoms with Crippen LogP contribution in [-0.4, -0.2) is 62.0 Å². The lowest BCUT2D eigenvalue weighted by Gasteiger charge is -2.30. The van der Waals surface area contributed by atoms with Gasteiger partial charge < -0.3 is 15.1 Å². The van der Waals surface area contributed by atoms with Gasteiger partial charge in [0.15, 0.2) is 0 Å². The minimum atomic E-state index is 0.213. The fourth-order valence-electron chi connectivity index (χ4n) is 3.32. The van der Waals surface area contributed by atoms with Crippen LogP contribution in [-0.2, 0) is 4.79 Å². The fourth-order valence-corrected chi connectivity index (χ4v) is 3.32. The van der Waals surface area contributed by atoms with Crippen LogP contribution in [0.5, 0.6) is 0 Å². The number of likely N-dealkylation sites (tertiary alicyclic amines) is 2. The van der Waals surface area contributed by atoms with E-state index in [0.29, 0.717) is 0 Å². The molecule has 2 rings (SSSR count). The summed E-state index contributed by atoms with van der Waals surface area (Å²) in [6, 6.07) is 0. The highest BCUT2D eigenvalue weighted by atomic mass is 16.1. The van der Waals surface area contributed by atoms with Crippen molar-refractivity contribution in [2.45, 2.75) is 39.0 Å². The van der Waals surface area contributed by atoms with Crippen molar-refractivity contribution in [3.05, 3.63) is 0 Å². The number of nitrogens with zero attached hydrogens (tertiary/aromatic N) is 2. The Bertz CT molecular complexity index is 300. The summed E-state index contributed by atoms with van der Waals surface area (Å²) in [5.74, 6) is 1.38. The Morgan fingerprint density at radius 3 is 2.65 bits per heavy atom. The van der Waals surface area contributed by atoms with E-state index in [1.807, 2.05) is 0 Å². The van der Waals surface area contributed by atoms with Gasteiger partial charge in [-0.25, -0.2) is 0 Å². The Morgan fingerprint density at radius 1 is 1.20 bits per heavy atom. The summed E-state index contributed by atoms with van der Waals surface area (Å²) in [5.41, 5.74) is 0. The number of rotatable bonds is 5. The van der Waals surface area contributed by atoms with Crippen LogP contribution in [0.3, 0.4) is 0 Å². The summed E-state index contributed by atoms with van der Waals surface area (Å²) >= 11 is 0. The molecular formula is C16H31N3O. The molecule has 1 unspecified atom stereocenters. The minimum Gasteiger partial charge on any atom is -0.356 e. The largest absolute Gasteiger partial charge is 0.356 e. The van der Waals surface area contributed by atoms with Crippen molar-refractivity contribution < 1.29 is 4.79 Å². The molecule has 4 heteroatoms. The number of hydrogen-bond donors (Lipinski definition) is 1. The minimum absolute atomic E-state index is 0.213. The summed E-state index contributed by atoms with van der Waals surface area (Å²) in [6.45, 7) is 8.86. The first kappa shape index (κ1) is 15.8. The molecule has 0 saturated carbocycles. The third-order valence-corrected chi connectivity index (χ3v) is 4.82. The van der Waals surface area contributed by atoms with Gasteiger partial charge in [-0.15, -0.1) is 0 Å². The van der Waals surface area contributed by atoms with E-state index in [2.05, 4.69) is 29.1 Å². The van der Waals surface area contributed by atoms with E-state index in [1.165, 1.54) is 25.9 Å². The summed E-state index contributed by atoms with van der Waals surface area (Å²) in [7, 11) is 2.11. The average Bonchev–Trinajstić information content (AvgIpc) is 2.45. The van der Waals surface area contributed by atoms with E-state index in [-0.39, 0.29) is 11.8 Å². The van der Waals surface area contributed by atoms with Gasteiger partial charge in [-0.3, -0.25) is 4.79 Å². The highest BCUT2D eigenvalue weighted by Crippen LogP contribution is 2.16.